The largest absolute Gasteiger partial charge is 0.497 e. The molecular weight excluding hydrogens is 272 g/mol. The normalized spacial score (nSPS) is 17.9. The Hall–Kier alpha value is -1.67. The summed E-state index contributed by atoms with van der Waals surface area (Å²) in [6, 6.07) is 14.2. The summed E-state index contributed by atoms with van der Waals surface area (Å²) in [7, 11) is 3.33. The van der Waals surface area contributed by atoms with Gasteiger partial charge in [-0.05, 0) is 35.7 Å². The van der Waals surface area contributed by atoms with E-state index in [0.717, 1.165) is 23.5 Å². The Morgan fingerprint density at radius 3 is 2.60 bits per heavy atom. The van der Waals surface area contributed by atoms with Gasteiger partial charge >= 0.3 is 0 Å². The Labute approximate surface area is 124 Å². The van der Waals surface area contributed by atoms with Crippen molar-refractivity contribution >= 4 is 11.6 Å². The Balaban J connectivity index is 1.93. The molecule has 0 aliphatic heterocycles. The molecule has 0 N–H and O–H groups in total. The maximum absolute atomic E-state index is 6.71. The van der Waals surface area contributed by atoms with Crippen LogP contribution in [0.1, 0.15) is 28.0 Å². The van der Waals surface area contributed by atoms with Crippen LogP contribution in [0, 0.1) is 0 Å². The Kier molecular flexibility index (Phi) is 3.58. The molecule has 1 aliphatic rings. The van der Waals surface area contributed by atoms with Gasteiger partial charge in [0.15, 0.2) is 0 Å². The number of hydrogen-bond donors (Lipinski definition) is 0. The van der Waals surface area contributed by atoms with E-state index in [9.17, 15) is 0 Å². The van der Waals surface area contributed by atoms with E-state index < -0.39 is 0 Å². The quantitative estimate of drug-likeness (QED) is 0.780. The molecule has 2 atom stereocenters. The summed E-state index contributed by atoms with van der Waals surface area (Å²) in [4.78, 5) is 0. The summed E-state index contributed by atoms with van der Waals surface area (Å²) in [5.41, 5.74) is 3.73. The van der Waals surface area contributed by atoms with Gasteiger partial charge < -0.3 is 9.47 Å². The first-order valence-electron chi connectivity index (χ1n) is 6.68. The molecule has 2 nitrogen and oxygen atoms in total. The molecule has 0 spiro atoms. The average molecular weight is 289 g/mol. The zero-order chi connectivity index (χ0) is 14.1. The summed E-state index contributed by atoms with van der Waals surface area (Å²) in [5.74, 6) is 1.96. The molecule has 0 fully saturated rings. The van der Waals surface area contributed by atoms with E-state index in [-0.39, 0.29) is 5.38 Å². The molecule has 0 saturated heterocycles. The van der Waals surface area contributed by atoms with E-state index >= 15 is 0 Å². The number of benzene rings is 2. The van der Waals surface area contributed by atoms with Crippen molar-refractivity contribution in [1.29, 1.82) is 0 Å². The van der Waals surface area contributed by atoms with Crippen molar-refractivity contribution in [3.8, 4) is 11.5 Å². The van der Waals surface area contributed by atoms with Crippen LogP contribution >= 0.6 is 11.6 Å². The van der Waals surface area contributed by atoms with Crippen LogP contribution in [0.15, 0.2) is 42.5 Å². The number of ether oxygens (including phenoxy) is 2. The van der Waals surface area contributed by atoms with Crippen molar-refractivity contribution in [2.45, 2.75) is 17.7 Å². The highest BCUT2D eigenvalue weighted by atomic mass is 35.5. The number of halogens is 1. The van der Waals surface area contributed by atoms with Gasteiger partial charge in [0.25, 0.3) is 0 Å². The van der Waals surface area contributed by atoms with Crippen LogP contribution in [0.5, 0.6) is 11.5 Å². The highest BCUT2D eigenvalue weighted by molar-refractivity contribution is 6.21. The highest BCUT2D eigenvalue weighted by Crippen LogP contribution is 2.49. The first-order chi connectivity index (χ1) is 9.74. The second kappa shape index (κ2) is 5.37. The van der Waals surface area contributed by atoms with Gasteiger partial charge in [0.2, 0.25) is 0 Å². The fourth-order valence-corrected chi connectivity index (χ4v) is 3.23. The van der Waals surface area contributed by atoms with Gasteiger partial charge in [-0.1, -0.05) is 24.3 Å². The van der Waals surface area contributed by atoms with E-state index in [1.54, 1.807) is 14.2 Å². The zero-order valence-electron chi connectivity index (χ0n) is 11.6. The molecule has 0 saturated carbocycles. The molecule has 0 radical (unpaired) electrons. The first-order valence-corrected chi connectivity index (χ1v) is 7.12. The molecule has 104 valence electrons. The minimum atomic E-state index is -0.102. The summed E-state index contributed by atoms with van der Waals surface area (Å²) in [5, 5.41) is -0.102. The van der Waals surface area contributed by atoms with Gasteiger partial charge in [-0.15, -0.1) is 11.6 Å². The summed E-state index contributed by atoms with van der Waals surface area (Å²) < 4.78 is 10.7. The monoisotopic (exact) mass is 288 g/mol. The fourth-order valence-electron chi connectivity index (χ4n) is 2.83. The van der Waals surface area contributed by atoms with Crippen LogP contribution in [0.4, 0.5) is 0 Å². The maximum atomic E-state index is 6.71. The molecule has 0 heterocycles. The summed E-state index contributed by atoms with van der Waals surface area (Å²) in [6.45, 7) is 0. The Morgan fingerprint density at radius 2 is 1.90 bits per heavy atom. The molecular formula is C17H17ClO2. The number of alkyl halides is 1. The number of hydrogen-bond acceptors (Lipinski definition) is 2. The molecule has 0 bridgehead atoms. The lowest BCUT2D eigenvalue weighted by Gasteiger charge is -2.34. The topological polar surface area (TPSA) is 18.5 Å². The van der Waals surface area contributed by atoms with Gasteiger partial charge in [0.05, 0.1) is 19.6 Å². The second-order valence-electron chi connectivity index (χ2n) is 5.02. The molecule has 1 aliphatic carbocycles. The van der Waals surface area contributed by atoms with Crippen LogP contribution in [0.2, 0.25) is 0 Å². The van der Waals surface area contributed by atoms with Crippen molar-refractivity contribution < 1.29 is 9.47 Å². The van der Waals surface area contributed by atoms with Crippen molar-refractivity contribution in [2.75, 3.05) is 14.2 Å². The van der Waals surface area contributed by atoms with Crippen molar-refractivity contribution in [2.24, 2.45) is 0 Å². The predicted molar refractivity (Wildman–Crippen MR) is 81.0 cm³/mol. The Morgan fingerprint density at radius 1 is 1.10 bits per heavy atom. The van der Waals surface area contributed by atoms with Crippen LogP contribution in [-0.2, 0) is 6.42 Å². The third kappa shape index (κ3) is 2.14. The van der Waals surface area contributed by atoms with Gasteiger partial charge in [0.1, 0.15) is 11.5 Å². The predicted octanol–water partition coefficient (Wildman–Crippen LogP) is 4.32. The maximum Gasteiger partial charge on any atom is 0.123 e. The number of methoxy groups -OCH3 is 2. The van der Waals surface area contributed by atoms with Crippen molar-refractivity contribution in [3.63, 3.8) is 0 Å². The number of fused-ring (bicyclic) bond motifs is 1. The third-order valence-corrected chi connectivity index (χ3v) is 4.52. The first kappa shape index (κ1) is 13.3. The van der Waals surface area contributed by atoms with Crippen molar-refractivity contribution in [3.05, 3.63) is 59.2 Å². The van der Waals surface area contributed by atoms with E-state index in [4.69, 9.17) is 21.1 Å². The smallest absolute Gasteiger partial charge is 0.123 e. The van der Waals surface area contributed by atoms with E-state index in [0.29, 0.717) is 5.92 Å². The minimum Gasteiger partial charge on any atom is -0.497 e. The standard InChI is InChI=1S/C17H17ClO2/c1-19-12-7-8-16(20-2)15(10-12)17(18)14-9-11-5-3-4-6-13(11)14/h3-8,10,14,17H,9H2,1-2H3. The van der Waals surface area contributed by atoms with E-state index in [2.05, 4.69) is 24.3 Å². The lowest BCUT2D eigenvalue weighted by Crippen LogP contribution is -2.21. The molecule has 3 rings (SSSR count). The van der Waals surface area contributed by atoms with Gasteiger partial charge in [-0.2, -0.15) is 0 Å². The summed E-state index contributed by atoms with van der Waals surface area (Å²) >= 11 is 6.71. The molecule has 0 amide bonds. The molecule has 2 aromatic carbocycles. The fraction of sp³-hybridized carbons (Fsp3) is 0.294. The lowest BCUT2D eigenvalue weighted by atomic mass is 9.74. The van der Waals surface area contributed by atoms with E-state index in [1.165, 1.54) is 11.1 Å². The minimum absolute atomic E-state index is 0.102. The van der Waals surface area contributed by atoms with Gasteiger partial charge in [-0.3, -0.25) is 0 Å². The van der Waals surface area contributed by atoms with Crippen molar-refractivity contribution in [1.82, 2.24) is 0 Å². The van der Waals surface area contributed by atoms with Crippen LogP contribution in [0.3, 0.4) is 0 Å². The average Bonchev–Trinajstić information content (AvgIpc) is 2.47. The van der Waals surface area contributed by atoms with Crippen LogP contribution in [0.25, 0.3) is 0 Å². The second-order valence-corrected chi connectivity index (χ2v) is 5.49. The lowest BCUT2D eigenvalue weighted by molar-refractivity contribution is 0.395. The molecule has 0 aromatic heterocycles. The highest BCUT2D eigenvalue weighted by Gasteiger charge is 2.34. The Bertz CT molecular complexity index is 624. The molecule has 20 heavy (non-hydrogen) atoms. The number of rotatable bonds is 4. The zero-order valence-corrected chi connectivity index (χ0v) is 12.4. The van der Waals surface area contributed by atoms with Gasteiger partial charge in [-0.25, -0.2) is 0 Å². The molecule has 2 aromatic rings. The summed E-state index contributed by atoms with van der Waals surface area (Å²) in [6.07, 6.45) is 1.02. The van der Waals surface area contributed by atoms with Crippen LogP contribution < -0.4 is 9.47 Å². The van der Waals surface area contributed by atoms with Gasteiger partial charge in [0, 0.05) is 11.5 Å². The third-order valence-electron chi connectivity index (χ3n) is 3.98. The SMILES string of the molecule is COc1ccc(OC)c(C(Cl)C2Cc3ccccc32)c1. The van der Waals surface area contributed by atoms with E-state index in [1.807, 2.05) is 18.2 Å². The van der Waals surface area contributed by atoms with Crippen LogP contribution in [-0.4, -0.2) is 14.2 Å². The molecule has 2 unspecified atom stereocenters. The molecule has 3 heteroatoms.